The molecule has 1 fully saturated rings. The van der Waals surface area contributed by atoms with Gasteiger partial charge in [-0.1, -0.05) is 57.2 Å². The summed E-state index contributed by atoms with van der Waals surface area (Å²) in [6.07, 6.45) is 6.49. The molecular weight excluding hydrogens is 424 g/mol. The summed E-state index contributed by atoms with van der Waals surface area (Å²) in [4.78, 5) is 50.2. The minimum atomic E-state index is -1.21. The minimum absolute atomic E-state index is 0.0343. The lowest BCUT2D eigenvalue weighted by Gasteiger charge is -2.23. The van der Waals surface area contributed by atoms with Crippen molar-refractivity contribution < 1.29 is 19.1 Å². The molecule has 0 spiro atoms. The van der Waals surface area contributed by atoms with Gasteiger partial charge >= 0.3 is 12.0 Å². The Hall–Kier alpha value is -3.23. The maximum Gasteiger partial charge on any atom is 0.360 e. The maximum absolute atomic E-state index is 12.9. The molecule has 2 N–H and O–H groups in total. The molecular formula is C24H32N4O5. The number of carbonyl (C=O) groups excluding carboxylic acids is 3. The second-order valence-corrected chi connectivity index (χ2v) is 8.47. The van der Waals surface area contributed by atoms with Crippen LogP contribution in [0.4, 0.5) is 4.79 Å². The van der Waals surface area contributed by atoms with Crippen LogP contribution in [0.5, 0.6) is 0 Å². The molecule has 3 amide bonds. The lowest BCUT2D eigenvalue weighted by atomic mass is 9.96. The number of unbranched alkanes of at least 4 members (excludes halogenated alkanes) is 2. The number of fused-ring (bicyclic) bond motifs is 1. The summed E-state index contributed by atoms with van der Waals surface area (Å²) in [5.74, 6) is -1.55. The fraction of sp³-hybridized carbons (Fsp3) is 0.542. The molecule has 33 heavy (non-hydrogen) atoms. The van der Waals surface area contributed by atoms with Crippen LogP contribution in [0.2, 0.25) is 0 Å². The van der Waals surface area contributed by atoms with Crippen molar-refractivity contribution in [2.45, 2.75) is 83.9 Å². The SMILES string of the molecule is CCCCCn1nc(C(=O)OC(C)C(=O)NC(=O)NC2CCCCC2)c2ccccc2c1=O. The van der Waals surface area contributed by atoms with Gasteiger partial charge in [-0.2, -0.15) is 5.10 Å². The van der Waals surface area contributed by atoms with Crippen LogP contribution in [0.3, 0.4) is 0 Å². The van der Waals surface area contributed by atoms with E-state index < -0.39 is 24.0 Å². The molecule has 0 bridgehead atoms. The zero-order valence-corrected chi connectivity index (χ0v) is 19.3. The second kappa shape index (κ2) is 11.6. The molecule has 178 valence electrons. The molecule has 2 aromatic rings. The first kappa shape index (κ1) is 24.4. The first-order valence-corrected chi connectivity index (χ1v) is 11.7. The average molecular weight is 457 g/mol. The van der Waals surface area contributed by atoms with E-state index in [1.165, 1.54) is 11.6 Å². The summed E-state index contributed by atoms with van der Waals surface area (Å²) in [5.41, 5.74) is -0.309. The number of ether oxygens (including phenoxy) is 1. The Kier molecular flexibility index (Phi) is 8.57. The summed E-state index contributed by atoms with van der Waals surface area (Å²) < 4.78 is 6.58. The van der Waals surface area contributed by atoms with Crippen LogP contribution in [-0.4, -0.2) is 39.8 Å². The van der Waals surface area contributed by atoms with Crippen LogP contribution >= 0.6 is 0 Å². The van der Waals surface area contributed by atoms with E-state index in [4.69, 9.17) is 4.74 Å². The van der Waals surface area contributed by atoms with Gasteiger partial charge in [0.25, 0.3) is 11.5 Å². The van der Waals surface area contributed by atoms with Gasteiger partial charge in [0.2, 0.25) is 0 Å². The molecule has 0 aliphatic heterocycles. The number of imide groups is 1. The van der Waals surface area contributed by atoms with E-state index in [0.717, 1.165) is 51.4 Å². The van der Waals surface area contributed by atoms with Gasteiger partial charge in [0.15, 0.2) is 11.8 Å². The molecule has 1 unspecified atom stereocenters. The van der Waals surface area contributed by atoms with Crippen molar-refractivity contribution in [3.63, 3.8) is 0 Å². The van der Waals surface area contributed by atoms with Crippen LogP contribution in [0.15, 0.2) is 29.1 Å². The number of carbonyl (C=O) groups is 3. The number of nitrogens with one attached hydrogen (secondary N) is 2. The van der Waals surface area contributed by atoms with Gasteiger partial charge in [-0.3, -0.25) is 14.9 Å². The van der Waals surface area contributed by atoms with E-state index >= 15 is 0 Å². The number of urea groups is 1. The zero-order chi connectivity index (χ0) is 23.8. The summed E-state index contributed by atoms with van der Waals surface area (Å²) in [6, 6.07) is 6.14. The van der Waals surface area contributed by atoms with Crippen LogP contribution in [0.25, 0.3) is 10.8 Å². The normalized spacial score (nSPS) is 15.1. The van der Waals surface area contributed by atoms with E-state index in [0.29, 0.717) is 17.3 Å². The topological polar surface area (TPSA) is 119 Å². The minimum Gasteiger partial charge on any atom is -0.448 e. The number of nitrogens with zero attached hydrogens (tertiary/aromatic N) is 2. The number of esters is 1. The number of hydrogen-bond acceptors (Lipinski definition) is 6. The molecule has 1 aliphatic carbocycles. The van der Waals surface area contributed by atoms with Crippen LogP contribution in [0, 0.1) is 0 Å². The highest BCUT2D eigenvalue weighted by Crippen LogP contribution is 2.17. The summed E-state index contributed by atoms with van der Waals surface area (Å²) >= 11 is 0. The predicted octanol–water partition coefficient (Wildman–Crippen LogP) is 3.29. The number of amides is 3. The number of rotatable bonds is 8. The van der Waals surface area contributed by atoms with Crippen molar-refractivity contribution in [2.24, 2.45) is 0 Å². The molecule has 1 saturated carbocycles. The molecule has 1 aromatic heterocycles. The Labute approximate surface area is 192 Å². The van der Waals surface area contributed by atoms with Gasteiger partial charge in [-0.25, -0.2) is 14.3 Å². The molecule has 0 saturated heterocycles. The lowest BCUT2D eigenvalue weighted by Crippen LogP contribution is -2.48. The fourth-order valence-corrected chi connectivity index (χ4v) is 4.00. The van der Waals surface area contributed by atoms with Gasteiger partial charge in [0.1, 0.15) is 0 Å². The number of aromatic nitrogens is 2. The van der Waals surface area contributed by atoms with Crippen LogP contribution in [-0.2, 0) is 16.1 Å². The number of aryl methyl sites for hydroxylation is 1. The Balaban J connectivity index is 1.69. The first-order valence-electron chi connectivity index (χ1n) is 11.7. The molecule has 9 nitrogen and oxygen atoms in total. The third-order valence-corrected chi connectivity index (χ3v) is 5.86. The smallest absolute Gasteiger partial charge is 0.360 e. The first-order chi connectivity index (χ1) is 15.9. The molecule has 1 atom stereocenters. The molecule has 0 radical (unpaired) electrons. The van der Waals surface area contributed by atoms with E-state index in [1.807, 2.05) is 0 Å². The Bertz CT molecular complexity index is 1060. The molecule has 1 heterocycles. The number of benzene rings is 1. The monoisotopic (exact) mass is 456 g/mol. The Morgan fingerprint density at radius 1 is 1.12 bits per heavy atom. The number of hydrogen-bond donors (Lipinski definition) is 2. The largest absolute Gasteiger partial charge is 0.448 e. The standard InChI is InChI=1S/C24H32N4O5/c1-3-4-10-15-28-22(30)19-14-9-8-13-18(19)20(27-28)23(31)33-16(2)21(29)26-24(32)25-17-11-6-5-7-12-17/h8-9,13-14,16-17H,3-7,10-12,15H2,1-2H3,(H2,25,26,29,32). The van der Waals surface area contributed by atoms with Crippen molar-refractivity contribution in [3.8, 4) is 0 Å². The fourth-order valence-electron chi connectivity index (χ4n) is 4.00. The van der Waals surface area contributed by atoms with Crippen LogP contribution < -0.4 is 16.2 Å². The zero-order valence-electron chi connectivity index (χ0n) is 19.3. The summed E-state index contributed by atoms with van der Waals surface area (Å²) in [5, 5.41) is 9.99. The quantitative estimate of drug-likeness (QED) is 0.465. The van der Waals surface area contributed by atoms with Gasteiger partial charge < -0.3 is 10.1 Å². The van der Waals surface area contributed by atoms with Gasteiger partial charge in [0.05, 0.1) is 5.39 Å². The van der Waals surface area contributed by atoms with E-state index in [9.17, 15) is 19.2 Å². The van der Waals surface area contributed by atoms with E-state index in [-0.39, 0.29) is 17.3 Å². The average Bonchev–Trinajstić information content (AvgIpc) is 2.81. The van der Waals surface area contributed by atoms with Crippen LogP contribution in [0.1, 0.15) is 75.7 Å². The van der Waals surface area contributed by atoms with Crippen molar-refractivity contribution >= 4 is 28.7 Å². The Morgan fingerprint density at radius 3 is 2.52 bits per heavy atom. The van der Waals surface area contributed by atoms with Gasteiger partial charge in [0, 0.05) is 18.0 Å². The predicted molar refractivity (Wildman–Crippen MR) is 124 cm³/mol. The van der Waals surface area contributed by atoms with E-state index in [2.05, 4.69) is 22.7 Å². The summed E-state index contributed by atoms with van der Waals surface area (Å²) in [6.45, 7) is 3.83. The molecule has 1 aromatic carbocycles. The summed E-state index contributed by atoms with van der Waals surface area (Å²) in [7, 11) is 0. The lowest BCUT2D eigenvalue weighted by molar-refractivity contribution is -0.127. The molecule has 9 heteroatoms. The van der Waals surface area contributed by atoms with Crippen molar-refractivity contribution in [1.82, 2.24) is 20.4 Å². The van der Waals surface area contributed by atoms with Crippen molar-refractivity contribution in [3.05, 3.63) is 40.3 Å². The highest BCUT2D eigenvalue weighted by Gasteiger charge is 2.25. The second-order valence-electron chi connectivity index (χ2n) is 8.47. The third-order valence-electron chi connectivity index (χ3n) is 5.86. The highest BCUT2D eigenvalue weighted by molar-refractivity contribution is 6.03. The van der Waals surface area contributed by atoms with Gasteiger partial charge in [-0.05, 0) is 32.3 Å². The third kappa shape index (κ3) is 6.40. The van der Waals surface area contributed by atoms with Crippen molar-refractivity contribution in [2.75, 3.05) is 0 Å². The maximum atomic E-state index is 12.9. The van der Waals surface area contributed by atoms with E-state index in [1.54, 1.807) is 24.3 Å². The van der Waals surface area contributed by atoms with Gasteiger partial charge in [-0.15, -0.1) is 0 Å². The highest BCUT2D eigenvalue weighted by atomic mass is 16.5. The van der Waals surface area contributed by atoms with Crippen molar-refractivity contribution in [1.29, 1.82) is 0 Å². The molecule has 1 aliphatic rings. The Morgan fingerprint density at radius 2 is 1.82 bits per heavy atom. The molecule has 3 rings (SSSR count).